The molecular weight excluding hydrogens is 700 g/mol. The fraction of sp³-hybridized carbons (Fsp3) is 0.545. The molecule has 10 N–H and O–H groups in total. The van der Waals surface area contributed by atoms with Crippen LogP contribution in [0.5, 0.6) is 28.7 Å². The second-order valence-electron chi connectivity index (χ2n) is 11.9. The van der Waals surface area contributed by atoms with Crippen LogP contribution in [0.15, 0.2) is 39.5 Å². The van der Waals surface area contributed by atoms with Crippen molar-refractivity contribution < 1.29 is 88.6 Å². The number of fused-ring (bicyclic) bond motifs is 1. The average Bonchev–Trinajstić information content (AvgIpc) is 3.13. The quantitative estimate of drug-likeness (QED) is 0.0758. The lowest BCUT2D eigenvalue weighted by Gasteiger charge is -2.42. The molecule has 2 aliphatic heterocycles. The Labute approximate surface area is 294 Å². The van der Waals surface area contributed by atoms with E-state index in [1.807, 2.05) is 0 Å². The summed E-state index contributed by atoms with van der Waals surface area (Å²) in [5.41, 5.74) is -1.01. The van der Waals surface area contributed by atoms with Crippen molar-refractivity contribution in [2.75, 3.05) is 46.2 Å². The number of phenols is 1. The molecule has 3 heterocycles. The Morgan fingerprint density at radius 2 is 1.35 bits per heavy atom. The molecule has 2 saturated heterocycles. The summed E-state index contributed by atoms with van der Waals surface area (Å²) < 4.78 is 45.1. The smallest absolute Gasteiger partial charge is 0.239 e. The van der Waals surface area contributed by atoms with Crippen molar-refractivity contribution in [1.82, 2.24) is 0 Å². The topological polar surface area (TPSA) is 297 Å². The standard InChI is InChI=1S/C33H42O19/c1-14-23(38)26(41)28(43)32(49-14)48-13-21-24(39)27(42)29(44)33(51-21)52-31-25(40)22-19(47-9-6-36)11-16(45-7-4-34)12-20(22)50-30(31)15-2-3-18(17(37)10-15)46-8-5-35/h2-3,10-12,14,21,23-24,26-29,32-39,41-44H,4-9,13H2,1H3/t14-,21+,23-,24+,26+,27-,28+,29+,32+,33-/m0/s1. The van der Waals surface area contributed by atoms with Gasteiger partial charge in [-0.2, -0.15) is 0 Å². The first-order valence-electron chi connectivity index (χ1n) is 16.3. The Bertz CT molecular complexity index is 1700. The van der Waals surface area contributed by atoms with E-state index >= 15 is 0 Å². The second-order valence-corrected chi connectivity index (χ2v) is 11.9. The number of aliphatic hydroxyl groups excluding tert-OH is 9. The van der Waals surface area contributed by atoms with E-state index in [0.717, 1.165) is 6.07 Å². The van der Waals surface area contributed by atoms with Gasteiger partial charge in [-0.3, -0.25) is 4.79 Å². The van der Waals surface area contributed by atoms with E-state index in [1.54, 1.807) is 0 Å². The highest BCUT2D eigenvalue weighted by Gasteiger charge is 2.48. The van der Waals surface area contributed by atoms with Gasteiger partial charge in [0.1, 0.15) is 85.0 Å². The van der Waals surface area contributed by atoms with Crippen LogP contribution in [0.4, 0.5) is 0 Å². The zero-order valence-electron chi connectivity index (χ0n) is 27.8. The van der Waals surface area contributed by atoms with E-state index in [9.17, 15) is 50.8 Å². The molecule has 2 aromatic carbocycles. The highest BCUT2D eigenvalue weighted by molar-refractivity contribution is 5.89. The summed E-state index contributed by atoms with van der Waals surface area (Å²) in [6.45, 7) is -0.826. The van der Waals surface area contributed by atoms with Crippen molar-refractivity contribution in [2.24, 2.45) is 0 Å². The van der Waals surface area contributed by atoms with Crippen LogP contribution in [0, 0.1) is 0 Å². The van der Waals surface area contributed by atoms with Crippen LogP contribution in [-0.4, -0.2) is 159 Å². The van der Waals surface area contributed by atoms with Crippen LogP contribution in [-0.2, 0) is 14.2 Å². The molecule has 10 atom stereocenters. The summed E-state index contributed by atoms with van der Waals surface area (Å²) in [4.78, 5) is 14.3. The maximum atomic E-state index is 14.3. The molecule has 19 nitrogen and oxygen atoms in total. The van der Waals surface area contributed by atoms with Crippen molar-refractivity contribution in [3.8, 4) is 40.1 Å². The Morgan fingerprint density at radius 1 is 0.712 bits per heavy atom. The van der Waals surface area contributed by atoms with Gasteiger partial charge in [0, 0.05) is 17.7 Å². The molecule has 0 amide bonds. The zero-order chi connectivity index (χ0) is 37.7. The van der Waals surface area contributed by atoms with Gasteiger partial charge in [-0.15, -0.1) is 0 Å². The highest BCUT2D eigenvalue weighted by atomic mass is 16.7. The molecule has 0 unspecified atom stereocenters. The molecule has 5 rings (SSSR count). The molecular formula is C33H42O19. The van der Waals surface area contributed by atoms with Crippen LogP contribution in [0.3, 0.4) is 0 Å². The third-order valence-electron chi connectivity index (χ3n) is 8.31. The minimum absolute atomic E-state index is 0.0164. The summed E-state index contributed by atoms with van der Waals surface area (Å²) in [7, 11) is 0. The lowest BCUT2D eigenvalue weighted by molar-refractivity contribution is -0.318. The van der Waals surface area contributed by atoms with Crippen molar-refractivity contribution in [3.05, 3.63) is 40.6 Å². The fourth-order valence-electron chi connectivity index (χ4n) is 5.60. The first-order chi connectivity index (χ1) is 24.9. The summed E-state index contributed by atoms with van der Waals surface area (Å²) in [5.74, 6) is -1.41. The normalized spacial score (nSPS) is 29.2. The molecule has 2 fully saturated rings. The summed E-state index contributed by atoms with van der Waals surface area (Å²) >= 11 is 0. The Balaban J connectivity index is 1.55. The molecule has 0 saturated carbocycles. The third-order valence-corrected chi connectivity index (χ3v) is 8.31. The predicted molar refractivity (Wildman–Crippen MR) is 173 cm³/mol. The zero-order valence-corrected chi connectivity index (χ0v) is 27.8. The maximum Gasteiger partial charge on any atom is 0.239 e. The maximum absolute atomic E-state index is 14.3. The summed E-state index contributed by atoms with van der Waals surface area (Å²) in [5, 5.41) is 101. The first kappa shape index (κ1) is 39.4. The van der Waals surface area contributed by atoms with Gasteiger partial charge in [-0.05, 0) is 25.1 Å². The van der Waals surface area contributed by atoms with Gasteiger partial charge in [0.2, 0.25) is 17.5 Å². The van der Waals surface area contributed by atoms with E-state index in [2.05, 4.69) is 0 Å². The van der Waals surface area contributed by atoms with Crippen LogP contribution >= 0.6 is 0 Å². The molecule has 0 aliphatic carbocycles. The van der Waals surface area contributed by atoms with Crippen molar-refractivity contribution >= 4 is 11.0 Å². The van der Waals surface area contributed by atoms with Gasteiger partial charge in [0.05, 0.1) is 32.5 Å². The van der Waals surface area contributed by atoms with E-state index in [0.29, 0.717) is 0 Å². The molecule has 0 radical (unpaired) electrons. The number of aromatic hydroxyl groups is 1. The SMILES string of the molecule is C[C@@H]1O[C@@H](OC[C@H]2O[C@@H](Oc3c(-c4ccc(OCCO)c(O)c4)oc4cc(OCCO)cc(OCCO)c4c3=O)[C@H](O)[C@@H](O)[C@@H]2O)[C@H](O)[C@H](O)[C@H]1O. The number of hydrogen-bond acceptors (Lipinski definition) is 19. The van der Waals surface area contributed by atoms with Crippen LogP contribution in [0.1, 0.15) is 6.92 Å². The second kappa shape index (κ2) is 17.3. The molecule has 52 heavy (non-hydrogen) atoms. The largest absolute Gasteiger partial charge is 0.504 e. The van der Waals surface area contributed by atoms with E-state index < -0.39 is 91.6 Å². The average molecular weight is 743 g/mol. The number of ether oxygens (including phenoxy) is 7. The summed E-state index contributed by atoms with van der Waals surface area (Å²) in [6.07, 6.45) is -16.3. The monoisotopic (exact) mass is 742 g/mol. The Morgan fingerprint density at radius 3 is 2.02 bits per heavy atom. The molecule has 0 bridgehead atoms. The minimum Gasteiger partial charge on any atom is -0.504 e. The fourth-order valence-corrected chi connectivity index (χ4v) is 5.60. The van der Waals surface area contributed by atoms with Gasteiger partial charge in [-0.25, -0.2) is 0 Å². The molecule has 19 heteroatoms. The number of benzene rings is 2. The number of hydrogen-bond donors (Lipinski definition) is 10. The third kappa shape index (κ3) is 8.36. The number of rotatable bonds is 15. The number of phenolic OH excluding ortho intramolecular Hbond substituents is 1. The van der Waals surface area contributed by atoms with Gasteiger partial charge in [0.15, 0.2) is 23.5 Å². The Kier molecular flexibility index (Phi) is 13.1. The molecule has 2 aliphatic rings. The predicted octanol–water partition coefficient (Wildman–Crippen LogP) is -2.69. The Hall–Kier alpha value is -3.83. The van der Waals surface area contributed by atoms with Gasteiger partial charge < -0.3 is 88.6 Å². The van der Waals surface area contributed by atoms with E-state index in [1.165, 1.54) is 31.2 Å². The first-order valence-corrected chi connectivity index (χ1v) is 16.3. The summed E-state index contributed by atoms with van der Waals surface area (Å²) in [6, 6.07) is 6.50. The van der Waals surface area contributed by atoms with Crippen molar-refractivity contribution in [3.63, 3.8) is 0 Å². The minimum atomic E-state index is -1.98. The van der Waals surface area contributed by atoms with Crippen molar-refractivity contribution in [2.45, 2.75) is 68.3 Å². The molecule has 288 valence electrons. The van der Waals surface area contributed by atoms with Crippen molar-refractivity contribution in [1.29, 1.82) is 0 Å². The molecule has 0 spiro atoms. The lowest BCUT2D eigenvalue weighted by atomic mass is 9.98. The lowest BCUT2D eigenvalue weighted by Crippen LogP contribution is -2.61. The van der Waals surface area contributed by atoms with Gasteiger partial charge >= 0.3 is 0 Å². The highest BCUT2D eigenvalue weighted by Crippen LogP contribution is 2.40. The number of aliphatic hydroxyl groups is 9. The van der Waals surface area contributed by atoms with Crippen LogP contribution < -0.4 is 24.4 Å². The van der Waals surface area contributed by atoms with Crippen LogP contribution in [0.2, 0.25) is 0 Å². The van der Waals surface area contributed by atoms with Gasteiger partial charge in [0.25, 0.3) is 0 Å². The van der Waals surface area contributed by atoms with Gasteiger partial charge in [-0.1, -0.05) is 0 Å². The van der Waals surface area contributed by atoms with Crippen LogP contribution in [0.25, 0.3) is 22.3 Å². The molecule has 1 aromatic heterocycles. The molecule has 3 aromatic rings. The van der Waals surface area contributed by atoms with E-state index in [4.69, 9.17) is 42.7 Å². The van der Waals surface area contributed by atoms with E-state index in [-0.39, 0.29) is 72.6 Å².